The molecule has 0 aliphatic carbocycles. The molecule has 0 unspecified atom stereocenters. The molecule has 0 bridgehead atoms. The number of hydrogen-bond donors (Lipinski definition) is 0. The van der Waals surface area contributed by atoms with Crippen molar-refractivity contribution >= 4 is 43.7 Å². The molecule has 62 heavy (non-hydrogen) atoms. The van der Waals surface area contributed by atoms with Gasteiger partial charge >= 0.3 is 0 Å². The molecule has 0 aliphatic rings. The van der Waals surface area contributed by atoms with Crippen LogP contribution >= 0.6 is 0 Å². The predicted molar refractivity (Wildman–Crippen MR) is 254 cm³/mol. The van der Waals surface area contributed by atoms with Gasteiger partial charge in [-0.15, -0.1) is 0 Å². The third-order valence-electron chi connectivity index (χ3n) is 11.9. The van der Waals surface area contributed by atoms with Crippen LogP contribution in [0.15, 0.2) is 223 Å². The number of nitrogens with zero attached hydrogens (tertiary/aromatic N) is 4. The second kappa shape index (κ2) is 14.7. The number of fused-ring (bicyclic) bond motifs is 7. The van der Waals surface area contributed by atoms with Crippen LogP contribution in [0.2, 0.25) is 0 Å². The fourth-order valence-electron chi connectivity index (χ4n) is 8.83. The van der Waals surface area contributed by atoms with Crippen LogP contribution < -0.4 is 0 Å². The molecule has 0 atom stereocenters. The lowest BCUT2D eigenvalue weighted by Crippen LogP contribution is -2.00. The molecule has 0 fully saturated rings. The summed E-state index contributed by atoms with van der Waals surface area (Å²) in [7, 11) is 0. The van der Waals surface area contributed by atoms with Crippen molar-refractivity contribution in [2.45, 2.75) is 0 Å². The highest BCUT2D eigenvalue weighted by Gasteiger charge is 2.21. The molecule has 3 aromatic heterocycles. The lowest BCUT2D eigenvalue weighted by Gasteiger charge is -2.11. The largest absolute Gasteiger partial charge is 0.456 e. The van der Waals surface area contributed by atoms with Crippen LogP contribution in [0.4, 0.5) is 0 Å². The summed E-state index contributed by atoms with van der Waals surface area (Å²) in [4.78, 5) is 15.2. The van der Waals surface area contributed by atoms with Gasteiger partial charge in [-0.05, 0) is 88.0 Å². The SMILES string of the molecule is c1ccc(-c2ccc(-c3nc(-c4ccccc4)nc(-c4ccc5oc6ccc7c8ccccc8n(-c8ccc(-c9cccc(-c%10ccccc%10)c9)cc8)c7c6c5c4)n3)cc2)cc1. The standard InChI is InChI=1S/C57H36N4O/c1-4-13-37(14-5-1)39-23-25-42(26-24-39)56-58-55(41-17-8-3-9-18-41)59-57(60-56)45-29-33-51-49(36-45)53-52(62-51)34-32-48-47-21-10-11-22-50(47)61(54(48)53)46-30-27-40(28-31-46)44-20-12-19-43(35-44)38-15-6-2-7-16-38/h1-36H. The van der Waals surface area contributed by atoms with Gasteiger partial charge in [0.1, 0.15) is 11.2 Å². The number of para-hydroxylation sites is 1. The van der Waals surface area contributed by atoms with Crippen molar-refractivity contribution in [2.24, 2.45) is 0 Å². The summed E-state index contributed by atoms with van der Waals surface area (Å²) >= 11 is 0. The maximum Gasteiger partial charge on any atom is 0.164 e. The topological polar surface area (TPSA) is 56.7 Å². The first kappa shape index (κ1) is 35.5. The zero-order chi connectivity index (χ0) is 41.0. The van der Waals surface area contributed by atoms with E-state index in [9.17, 15) is 0 Å². The molecule has 290 valence electrons. The van der Waals surface area contributed by atoms with E-state index < -0.39 is 0 Å². The Morgan fingerprint density at radius 1 is 0.306 bits per heavy atom. The summed E-state index contributed by atoms with van der Waals surface area (Å²) in [6, 6.07) is 76.3. The predicted octanol–water partition coefficient (Wildman–Crippen LogP) is 14.9. The molecule has 0 saturated heterocycles. The van der Waals surface area contributed by atoms with Crippen molar-refractivity contribution in [1.29, 1.82) is 0 Å². The number of rotatable bonds is 7. The van der Waals surface area contributed by atoms with Crippen molar-refractivity contribution in [3.05, 3.63) is 218 Å². The van der Waals surface area contributed by atoms with Gasteiger partial charge in [-0.1, -0.05) is 164 Å². The highest BCUT2D eigenvalue weighted by Crippen LogP contribution is 2.42. The van der Waals surface area contributed by atoms with E-state index in [0.717, 1.165) is 77.4 Å². The smallest absolute Gasteiger partial charge is 0.164 e. The Balaban J connectivity index is 1.01. The summed E-state index contributed by atoms with van der Waals surface area (Å²) in [6.45, 7) is 0. The Morgan fingerprint density at radius 3 is 1.45 bits per heavy atom. The van der Waals surface area contributed by atoms with E-state index in [4.69, 9.17) is 19.4 Å². The van der Waals surface area contributed by atoms with E-state index in [2.05, 4.69) is 180 Å². The van der Waals surface area contributed by atoms with Gasteiger partial charge in [0.2, 0.25) is 0 Å². The molecule has 12 aromatic rings. The molecule has 5 nitrogen and oxygen atoms in total. The third kappa shape index (κ3) is 6.14. The van der Waals surface area contributed by atoms with Gasteiger partial charge in [0.15, 0.2) is 17.5 Å². The van der Waals surface area contributed by atoms with Gasteiger partial charge in [-0.25, -0.2) is 15.0 Å². The molecule has 0 aliphatic heterocycles. The molecule has 3 heterocycles. The maximum absolute atomic E-state index is 6.63. The highest BCUT2D eigenvalue weighted by atomic mass is 16.3. The lowest BCUT2D eigenvalue weighted by molar-refractivity contribution is 0.669. The van der Waals surface area contributed by atoms with Gasteiger partial charge in [-0.2, -0.15) is 0 Å². The summed E-state index contributed by atoms with van der Waals surface area (Å²) in [6.07, 6.45) is 0. The molecular formula is C57H36N4O. The molecule has 0 spiro atoms. The Labute approximate surface area is 357 Å². The van der Waals surface area contributed by atoms with Crippen molar-refractivity contribution in [3.63, 3.8) is 0 Å². The number of benzene rings is 9. The minimum atomic E-state index is 0.594. The van der Waals surface area contributed by atoms with Crippen LogP contribution in [0.25, 0.3) is 117 Å². The van der Waals surface area contributed by atoms with Crippen molar-refractivity contribution in [2.75, 3.05) is 0 Å². The summed E-state index contributed by atoms with van der Waals surface area (Å²) in [5.74, 6) is 1.83. The van der Waals surface area contributed by atoms with Gasteiger partial charge in [-0.3, -0.25) is 0 Å². The first-order valence-electron chi connectivity index (χ1n) is 20.8. The molecule has 0 N–H and O–H groups in total. The zero-order valence-electron chi connectivity index (χ0n) is 33.5. The Hall–Kier alpha value is -8.41. The Bertz CT molecular complexity index is 3590. The fraction of sp³-hybridized carbons (Fsp3) is 0. The van der Waals surface area contributed by atoms with Crippen LogP contribution in [-0.2, 0) is 0 Å². The van der Waals surface area contributed by atoms with E-state index in [1.807, 2.05) is 42.5 Å². The Kier molecular flexibility index (Phi) is 8.42. The molecule has 9 aromatic carbocycles. The second-order valence-electron chi connectivity index (χ2n) is 15.6. The van der Waals surface area contributed by atoms with Crippen LogP contribution in [0.1, 0.15) is 0 Å². The highest BCUT2D eigenvalue weighted by molar-refractivity contribution is 6.24. The van der Waals surface area contributed by atoms with E-state index in [1.54, 1.807) is 0 Å². The molecule has 0 amide bonds. The van der Waals surface area contributed by atoms with Crippen molar-refractivity contribution < 1.29 is 4.42 Å². The lowest BCUT2D eigenvalue weighted by atomic mass is 9.99. The van der Waals surface area contributed by atoms with E-state index in [0.29, 0.717) is 17.5 Å². The minimum absolute atomic E-state index is 0.594. The molecule has 12 rings (SSSR count). The molecular weight excluding hydrogens is 757 g/mol. The monoisotopic (exact) mass is 792 g/mol. The average molecular weight is 793 g/mol. The van der Waals surface area contributed by atoms with Gasteiger partial charge in [0, 0.05) is 38.5 Å². The molecule has 0 saturated carbocycles. The first-order chi connectivity index (χ1) is 30.7. The summed E-state index contributed by atoms with van der Waals surface area (Å²) in [5, 5.41) is 4.39. The number of furan rings is 1. The minimum Gasteiger partial charge on any atom is -0.456 e. The molecule has 5 heteroatoms. The normalized spacial score (nSPS) is 11.5. The summed E-state index contributed by atoms with van der Waals surface area (Å²) < 4.78 is 9.01. The quantitative estimate of drug-likeness (QED) is 0.161. The van der Waals surface area contributed by atoms with Crippen molar-refractivity contribution in [3.8, 4) is 73.2 Å². The van der Waals surface area contributed by atoms with Crippen LogP contribution in [0.3, 0.4) is 0 Å². The van der Waals surface area contributed by atoms with Gasteiger partial charge in [0.05, 0.1) is 16.4 Å². The molecule has 0 radical (unpaired) electrons. The summed E-state index contributed by atoms with van der Waals surface area (Å²) in [5.41, 5.74) is 14.7. The Morgan fingerprint density at radius 2 is 0.774 bits per heavy atom. The van der Waals surface area contributed by atoms with E-state index in [-0.39, 0.29) is 0 Å². The van der Waals surface area contributed by atoms with Crippen LogP contribution in [-0.4, -0.2) is 19.5 Å². The van der Waals surface area contributed by atoms with Crippen LogP contribution in [0.5, 0.6) is 0 Å². The van der Waals surface area contributed by atoms with Gasteiger partial charge in [0.25, 0.3) is 0 Å². The number of hydrogen-bond acceptors (Lipinski definition) is 4. The van der Waals surface area contributed by atoms with E-state index in [1.165, 1.54) is 22.1 Å². The van der Waals surface area contributed by atoms with Crippen molar-refractivity contribution in [1.82, 2.24) is 19.5 Å². The maximum atomic E-state index is 6.63. The van der Waals surface area contributed by atoms with Crippen LogP contribution in [0, 0.1) is 0 Å². The fourth-order valence-corrected chi connectivity index (χ4v) is 8.83. The van der Waals surface area contributed by atoms with E-state index >= 15 is 0 Å². The van der Waals surface area contributed by atoms with Gasteiger partial charge < -0.3 is 8.98 Å². The average Bonchev–Trinajstić information content (AvgIpc) is 3.90. The number of aromatic nitrogens is 4. The second-order valence-corrected chi connectivity index (χ2v) is 15.6. The first-order valence-corrected chi connectivity index (χ1v) is 20.8. The third-order valence-corrected chi connectivity index (χ3v) is 11.9. The zero-order valence-corrected chi connectivity index (χ0v) is 33.5.